The number of nitrogens with zero attached hydrogens (tertiary/aromatic N) is 2. The number of hydrogen-bond acceptors (Lipinski definition) is 6. The molecule has 1 aromatic heterocycles. The van der Waals surface area contributed by atoms with Gasteiger partial charge in [-0.05, 0) is 27.2 Å². The molecule has 8 heteroatoms. The molecule has 21 heavy (non-hydrogen) atoms. The van der Waals surface area contributed by atoms with E-state index in [9.17, 15) is 9.59 Å². The number of hydrogen-bond donors (Lipinski definition) is 2. The highest BCUT2D eigenvalue weighted by atomic mass is 16.6. The third-order valence-corrected chi connectivity index (χ3v) is 2.42. The van der Waals surface area contributed by atoms with Crippen molar-refractivity contribution in [2.45, 2.75) is 58.6 Å². The molecule has 118 valence electrons. The molecule has 0 aromatic carbocycles. The molecule has 0 saturated heterocycles. The molecule has 8 nitrogen and oxygen atoms in total. The van der Waals surface area contributed by atoms with Crippen molar-refractivity contribution in [3.8, 4) is 0 Å². The zero-order valence-electron chi connectivity index (χ0n) is 12.7. The van der Waals surface area contributed by atoms with Gasteiger partial charge < -0.3 is 19.6 Å². The first-order chi connectivity index (χ1) is 9.71. The van der Waals surface area contributed by atoms with E-state index in [1.807, 2.05) is 6.92 Å². The Morgan fingerprint density at radius 3 is 2.52 bits per heavy atom. The third-order valence-electron chi connectivity index (χ3n) is 2.42. The van der Waals surface area contributed by atoms with Crippen molar-refractivity contribution in [2.75, 3.05) is 0 Å². The van der Waals surface area contributed by atoms with Gasteiger partial charge >= 0.3 is 12.1 Å². The van der Waals surface area contributed by atoms with E-state index in [0.717, 1.165) is 0 Å². The molecule has 0 aliphatic heterocycles. The first-order valence-electron chi connectivity index (χ1n) is 6.75. The predicted molar refractivity (Wildman–Crippen MR) is 72.7 cm³/mol. The van der Waals surface area contributed by atoms with Crippen LogP contribution in [0.2, 0.25) is 0 Å². The summed E-state index contributed by atoms with van der Waals surface area (Å²) in [6.07, 6.45) is -0.0934. The average molecular weight is 299 g/mol. The minimum atomic E-state index is -0.971. The summed E-state index contributed by atoms with van der Waals surface area (Å²) in [5, 5.41) is 19.0. The molecule has 1 rings (SSSR count). The highest BCUT2D eigenvalue weighted by molar-refractivity contribution is 5.69. The zero-order chi connectivity index (χ0) is 16.0. The van der Waals surface area contributed by atoms with Crippen LogP contribution in [0.1, 0.15) is 58.4 Å². The lowest BCUT2D eigenvalue weighted by Gasteiger charge is -2.22. The van der Waals surface area contributed by atoms with E-state index >= 15 is 0 Å². The van der Waals surface area contributed by atoms with Gasteiger partial charge in [-0.2, -0.15) is 0 Å². The number of ether oxygens (including phenoxy) is 1. The number of rotatable bonds is 6. The summed E-state index contributed by atoms with van der Waals surface area (Å²) in [4.78, 5) is 22.5. The molecule has 0 aliphatic rings. The number of alkyl carbamates (subject to hydrolysis) is 1. The lowest BCUT2D eigenvalue weighted by molar-refractivity contribution is -0.137. The molecule has 0 saturated carbocycles. The molecule has 0 radical (unpaired) electrons. The van der Waals surface area contributed by atoms with Crippen LogP contribution in [0, 0.1) is 0 Å². The fourth-order valence-electron chi connectivity index (χ4n) is 1.53. The van der Waals surface area contributed by atoms with Crippen LogP contribution in [-0.2, 0) is 16.0 Å². The normalized spacial score (nSPS) is 12.8. The number of amides is 1. The van der Waals surface area contributed by atoms with Gasteiger partial charge in [0.05, 0.1) is 0 Å². The molecular weight excluding hydrogens is 278 g/mol. The number of nitrogens with one attached hydrogen (secondary N) is 1. The summed E-state index contributed by atoms with van der Waals surface area (Å²) in [5.74, 6) is -0.364. The molecule has 1 atom stereocenters. The Hall–Kier alpha value is -2.12. The zero-order valence-corrected chi connectivity index (χ0v) is 12.7. The number of carboxylic acid groups (broad SMARTS) is 1. The maximum atomic E-state index is 11.8. The van der Waals surface area contributed by atoms with E-state index in [-0.39, 0.29) is 18.7 Å². The Morgan fingerprint density at radius 2 is 2.05 bits per heavy atom. The summed E-state index contributed by atoms with van der Waals surface area (Å²) in [5.41, 5.74) is -0.648. The summed E-state index contributed by atoms with van der Waals surface area (Å²) in [7, 11) is 0. The summed E-state index contributed by atoms with van der Waals surface area (Å²) >= 11 is 0. The van der Waals surface area contributed by atoms with Crippen molar-refractivity contribution in [1.29, 1.82) is 0 Å². The highest BCUT2D eigenvalue weighted by Gasteiger charge is 2.24. The molecule has 0 fully saturated rings. The Morgan fingerprint density at radius 1 is 1.38 bits per heavy atom. The second kappa shape index (κ2) is 7.05. The monoisotopic (exact) mass is 299 g/mol. The van der Waals surface area contributed by atoms with Crippen molar-refractivity contribution in [3.63, 3.8) is 0 Å². The van der Waals surface area contributed by atoms with Crippen molar-refractivity contribution in [1.82, 2.24) is 15.5 Å². The maximum absolute atomic E-state index is 11.8. The molecule has 0 aliphatic carbocycles. The van der Waals surface area contributed by atoms with Crippen LogP contribution in [0.3, 0.4) is 0 Å². The van der Waals surface area contributed by atoms with E-state index in [0.29, 0.717) is 12.3 Å². The predicted octanol–water partition coefficient (Wildman–Crippen LogP) is 2.06. The van der Waals surface area contributed by atoms with Gasteiger partial charge in [-0.1, -0.05) is 6.92 Å². The smallest absolute Gasteiger partial charge is 0.408 e. The molecule has 0 bridgehead atoms. The van der Waals surface area contributed by atoms with Gasteiger partial charge in [-0.15, -0.1) is 10.2 Å². The summed E-state index contributed by atoms with van der Waals surface area (Å²) in [6.45, 7) is 7.06. The third kappa shape index (κ3) is 6.24. The second-order valence-corrected chi connectivity index (χ2v) is 5.52. The van der Waals surface area contributed by atoms with Crippen LogP contribution in [0.25, 0.3) is 0 Å². The largest absolute Gasteiger partial charge is 0.481 e. The SMILES string of the molecule is CCc1nnc([C@H](CCC(=O)O)NC(=O)OC(C)(C)C)o1. The van der Waals surface area contributed by atoms with Crippen LogP contribution in [0.15, 0.2) is 4.42 Å². The van der Waals surface area contributed by atoms with Crippen LogP contribution >= 0.6 is 0 Å². The van der Waals surface area contributed by atoms with Gasteiger partial charge in [0, 0.05) is 12.8 Å². The topological polar surface area (TPSA) is 115 Å². The van der Waals surface area contributed by atoms with E-state index < -0.39 is 23.7 Å². The van der Waals surface area contributed by atoms with Crippen LogP contribution in [0.4, 0.5) is 4.79 Å². The van der Waals surface area contributed by atoms with Gasteiger partial charge in [0.25, 0.3) is 0 Å². The lowest BCUT2D eigenvalue weighted by atomic mass is 10.1. The molecule has 0 unspecified atom stereocenters. The average Bonchev–Trinajstić information content (AvgIpc) is 2.80. The maximum Gasteiger partial charge on any atom is 0.408 e. The molecule has 2 N–H and O–H groups in total. The van der Waals surface area contributed by atoms with Crippen molar-refractivity contribution < 1.29 is 23.8 Å². The van der Waals surface area contributed by atoms with E-state index in [4.69, 9.17) is 14.3 Å². The Labute approximate surface area is 122 Å². The number of carbonyl (C=O) groups is 2. The van der Waals surface area contributed by atoms with E-state index in [2.05, 4.69) is 15.5 Å². The quantitative estimate of drug-likeness (QED) is 0.826. The van der Waals surface area contributed by atoms with E-state index in [1.165, 1.54) is 0 Å². The van der Waals surface area contributed by atoms with Gasteiger partial charge in [0.15, 0.2) is 0 Å². The summed E-state index contributed by atoms with van der Waals surface area (Å²) < 4.78 is 10.5. The van der Waals surface area contributed by atoms with E-state index in [1.54, 1.807) is 20.8 Å². The van der Waals surface area contributed by atoms with Crippen LogP contribution in [-0.4, -0.2) is 33.0 Å². The standard InChI is InChI=1S/C13H21N3O5/c1-5-9-15-16-11(20-9)8(6-7-10(17)18)14-12(19)21-13(2,3)4/h8H,5-7H2,1-4H3,(H,14,19)(H,17,18)/t8-/m0/s1. The van der Waals surface area contributed by atoms with Crippen molar-refractivity contribution in [2.24, 2.45) is 0 Å². The highest BCUT2D eigenvalue weighted by Crippen LogP contribution is 2.19. The molecule has 1 heterocycles. The van der Waals surface area contributed by atoms with Gasteiger partial charge in [0.2, 0.25) is 11.8 Å². The fraction of sp³-hybridized carbons (Fsp3) is 0.692. The summed E-state index contributed by atoms with van der Waals surface area (Å²) in [6, 6.07) is -0.691. The number of aromatic nitrogens is 2. The minimum absolute atomic E-state index is 0.135. The minimum Gasteiger partial charge on any atom is -0.481 e. The van der Waals surface area contributed by atoms with Crippen LogP contribution < -0.4 is 5.32 Å². The Bertz CT molecular complexity index is 492. The Kier molecular flexibility index (Phi) is 5.69. The van der Waals surface area contributed by atoms with Crippen molar-refractivity contribution >= 4 is 12.1 Å². The number of carbonyl (C=O) groups excluding carboxylic acids is 1. The number of aliphatic carboxylic acids is 1. The van der Waals surface area contributed by atoms with Gasteiger partial charge in [-0.3, -0.25) is 4.79 Å². The first-order valence-corrected chi connectivity index (χ1v) is 6.75. The first kappa shape index (κ1) is 16.9. The Balaban J connectivity index is 2.77. The molecule has 1 aromatic rings. The lowest BCUT2D eigenvalue weighted by Crippen LogP contribution is -2.35. The fourth-order valence-corrected chi connectivity index (χ4v) is 1.53. The van der Waals surface area contributed by atoms with Gasteiger partial charge in [0.1, 0.15) is 11.6 Å². The van der Waals surface area contributed by atoms with Crippen LogP contribution in [0.5, 0.6) is 0 Å². The molecule has 0 spiro atoms. The molecule has 1 amide bonds. The number of carboxylic acids is 1. The molecular formula is C13H21N3O5. The number of aryl methyl sites for hydroxylation is 1. The van der Waals surface area contributed by atoms with Gasteiger partial charge in [-0.25, -0.2) is 4.79 Å². The van der Waals surface area contributed by atoms with Crippen molar-refractivity contribution in [3.05, 3.63) is 11.8 Å². The second-order valence-electron chi connectivity index (χ2n) is 5.52.